The summed E-state index contributed by atoms with van der Waals surface area (Å²) >= 11 is 0. The van der Waals surface area contributed by atoms with E-state index < -0.39 is 11.7 Å². The standard InChI is InChI=1S/C12H17F3N4O/c1-16-9-6-8(12(13,14)15)7-10(18-9)17-5-4-11(20)19(2)3/h6-7H,4-5H2,1-3H3,(H2,16,17,18). The van der Waals surface area contributed by atoms with Crippen molar-refractivity contribution in [3.63, 3.8) is 0 Å². The Morgan fingerprint density at radius 1 is 1.30 bits per heavy atom. The molecule has 0 saturated heterocycles. The van der Waals surface area contributed by atoms with Crippen LogP contribution in [-0.4, -0.2) is 43.5 Å². The van der Waals surface area contributed by atoms with Gasteiger partial charge in [-0.1, -0.05) is 0 Å². The van der Waals surface area contributed by atoms with E-state index in [1.54, 1.807) is 14.1 Å². The number of nitrogens with one attached hydrogen (secondary N) is 2. The maximum absolute atomic E-state index is 12.7. The van der Waals surface area contributed by atoms with Crippen LogP contribution in [0.3, 0.4) is 0 Å². The van der Waals surface area contributed by atoms with Gasteiger partial charge in [-0.3, -0.25) is 4.79 Å². The first-order valence-electron chi connectivity index (χ1n) is 5.95. The van der Waals surface area contributed by atoms with Crippen molar-refractivity contribution in [3.05, 3.63) is 17.7 Å². The third kappa shape index (κ3) is 4.60. The number of amides is 1. The van der Waals surface area contributed by atoms with Gasteiger partial charge in [0, 0.05) is 34.1 Å². The van der Waals surface area contributed by atoms with Crippen molar-refractivity contribution < 1.29 is 18.0 Å². The second kappa shape index (κ2) is 6.44. The van der Waals surface area contributed by atoms with Gasteiger partial charge in [0.2, 0.25) is 5.91 Å². The number of halogens is 3. The van der Waals surface area contributed by atoms with Gasteiger partial charge in [0.05, 0.1) is 5.56 Å². The zero-order chi connectivity index (χ0) is 15.3. The van der Waals surface area contributed by atoms with Gasteiger partial charge in [-0.2, -0.15) is 13.2 Å². The average Bonchev–Trinajstić information content (AvgIpc) is 2.37. The number of aromatic nitrogens is 1. The third-order valence-electron chi connectivity index (χ3n) is 2.55. The van der Waals surface area contributed by atoms with Crippen molar-refractivity contribution in [2.24, 2.45) is 0 Å². The maximum Gasteiger partial charge on any atom is 0.416 e. The summed E-state index contributed by atoms with van der Waals surface area (Å²) < 4.78 is 38.1. The zero-order valence-electron chi connectivity index (χ0n) is 11.5. The van der Waals surface area contributed by atoms with Gasteiger partial charge < -0.3 is 15.5 Å². The van der Waals surface area contributed by atoms with Gasteiger partial charge >= 0.3 is 6.18 Å². The van der Waals surface area contributed by atoms with E-state index in [2.05, 4.69) is 15.6 Å². The lowest BCUT2D eigenvalue weighted by molar-refractivity contribution is -0.137. The lowest BCUT2D eigenvalue weighted by Crippen LogP contribution is -2.24. The Bertz CT molecular complexity index is 474. The smallest absolute Gasteiger partial charge is 0.373 e. The van der Waals surface area contributed by atoms with E-state index in [0.717, 1.165) is 12.1 Å². The predicted molar refractivity (Wildman–Crippen MR) is 70.6 cm³/mol. The van der Waals surface area contributed by atoms with E-state index in [0.29, 0.717) is 0 Å². The fourth-order valence-corrected chi connectivity index (χ4v) is 1.43. The first-order chi connectivity index (χ1) is 9.24. The molecule has 2 N–H and O–H groups in total. The van der Waals surface area contributed by atoms with E-state index >= 15 is 0 Å². The molecule has 0 bridgehead atoms. The highest BCUT2D eigenvalue weighted by Crippen LogP contribution is 2.31. The fraction of sp³-hybridized carbons (Fsp3) is 0.500. The molecule has 0 fully saturated rings. The van der Waals surface area contributed by atoms with E-state index in [9.17, 15) is 18.0 Å². The van der Waals surface area contributed by atoms with Gasteiger partial charge in [-0.05, 0) is 12.1 Å². The molecule has 1 aromatic rings. The highest BCUT2D eigenvalue weighted by atomic mass is 19.4. The normalized spacial score (nSPS) is 11.1. The number of nitrogens with zero attached hydrogens (tertiary/aromatic N) is 2. The van der Waals surface area contributed by atoms with E-state index in [-0.39, 0.29) is 30.5 Å². The van der Waals surface area contributed by atoms with Gasteiger partial charge in [0.1, 0.15) is 11.6 Å². The average molecular weight is 290 g/mol. The molecule has 8 heteroatoms. The molecule has 20 heavy (non-hydrogen) atoms. The molecular weight excluding hydrogens is 273 g/mol. The van der Waals surface area contributed by atoms with Crippen LogP contribution in [0.15, 0.2) is 12.1 Å². The molecule has 0 aliphatic heterocycles. The Hall–Kier alpha value is -1.99. The van der Waals surface area contributed by atoms with Crippen molar-refractivity contribution in [2.45, 2.75) is 12.6 Å². The van der Waals surface area contributed by atoms with Crippen molar-refractivity contribution in [1.82, 2.24) is 9.88 Å². The van der Waals surface area contributed by atoms with Crippen LogP contribution in [0, 0.1) is 0 Å². The molecule has 0 radical (unpaired) electrons. The predicted octanol–water partition coefficient (Wildman–Crippen LogP) is 2.03. The molecule has 0 unspecified atom stereocenters. The largest absolute Gasteiger partial charge is 0.416 e. The minimum Gasteiger partial charge on any atom is -0.373 e. The second-order valence-corrected chi connectivity index (χ2v) is 4.34. The molecule has 1 aromatic heterocycles. The van der Waals surface area contributed by atoms with Gasteiger partial charge in [-0.25, -0.2) is 4.98 Å². The van der Waals surface area contributed by atoms with Crippen LogP contribution in [0.5, 0.6) is 0 Å². The molecule has 0 atom stereocenters. The first-order valence-corrected chi connectivity index (χ1v) is 5.95. The van der Waals surface area contributed by atoms with Gasteiger partial charge in [-0.15, -0.1) is 0 Å². The minimum absolute atomic E-state index is 0.0794. The van der Waals surface area contributed by atoms with Crippen molar-refractivity contribution in [2.75, 3.05) is 38.3 Å². The maximum atomic E-state index is 12.7. The second-order valence-electron chi connectivity index (χ2n) is 4.34. The van der Waals surface area contributed by atoms with Crippen LogP contribution in [0.2, 0.25) is 0 Å². The highest BCUT2D eigenvalue weighted by Gasteiger charge is 2.31. The summed E-state index contributed by atoms with van der Waals surface area (Å²) in [4.78, 5) is 16.7. The SMILES string of the molecule is CNc1cc(C(F)(F)F)cc(NCCC(=O)N(C)C)n1. The topological polar surface area (TPSA) is 57.3 Å². The Kier molecular flexibility index (Phi) is 5.18. The molecular formula is C12H17F3N4O. The fourth-order valence-electron chi connectivity index (χ4n) is 1.43. The molecule has 112 valence electrons. The molecule has 0 aliphatic carbocycles. The van der Waals surface area contributed by atoms with E-state index in [4.69, 9.17) is 0 Å². The van der Waals surface area contributed by atoms with E-state index in [1.165, 1.54) is 11.9 Å². The van der Waals surface area contributed by atoms with Gasteiger partial charge in [0.15, 0.2) is 0 Å². The molecule has 0 saturated carbocycles. The summed E-state index contributed by atoms with van der Waals surface area (Å²) in [5.74, 6) is 0.0790. The number of alkyl halides is 3. The Balaban J connectivity index is 2.77. The number of carbonyl (C=O) groups excluding carboxylic acids is 1. The molecule has 1 rings (SSSR count). The van der Waals surface area contributed by atoms with Crippen molar-refractivity contribution in [1.29, 1.82) is 0 Å². The molecule has 0 aromatic carbocycles. The Morgan fingerprint density at radius 2 is 1.90 bits per heavy atom. The van der Waals surface area contributed by atoms with Crippen LogP contribution in [-0.2, 0) is 11.0 Å². The summed E-state index contributed by atoms with van der Waals surface area (Å²) in [6.07, 6.45) is -4.26. The Labute approximate surface area is 115 Å². The van der Waals surface area contributed by atoms with Crippen molar-refractivity contribution >= 4 is 17.5 Å². The third-order valence-corrected chi connectivity index (χ3v) is 2.55. The number of anilines is 2. The summed E-state index contributed by atoms with van der Waals surface area (Å²) in [6.45, 7) is 0.217. The van der Waals surface area contributed by atoms with Crippen molar-refractivity contribution in [3.8, 4) is 0 Å². The molecule has 5 nitrogen and oxygen atoms in total. The van der Waals surface area contributed by atoms with Crippen LogP contribution in [0.1, 0.15) is 12.0 Å². The number of pyridine rings is 1. The molecule has 0 spiro atoms. The number of hydrogen-bond donors (Lipinski definition) is 2. The lowest BCUT2D eigenvalue weighted by atomic mass is 10.2. The van der Waals surface area contributed by atoms with E-state index in [1.807, 2.05) is 0 Å². The highest BCUT2D eigenvalue weighted by molar-refractivity contribution is 5.76. The minimum atomic E-state index is -4.44. The van der Waals surface area contributed by atoms with Crippen LogP contribution in [0.25, 0.3) is 0 Å². The number of rotatable bonds is 5. The quantitative estimate of drug-likeness (QED) is 0.871. The van der Waals surface area contributed by atoms with Crippen LogP contribution < -0.4 is 10.6 Å². The summed E-state index contributed by atoms with van der Waals surface area (Å²) in [5.41, 5.74) is -0.793. The zero-order valence-corrected chi connectivity index (χ0v) is 11.5. The first kappa shape index (κ1) is 16.1. The van der Waals surface area contributed by atoms with Gasteiger partial charge in [0.25, 0.3) is 0 Å². The molecule has 1 heterocycles. The molecule has 1 amide bonds. The van der Waals surface area contributed by atoms with Crippen LogP contribution in [0.4, 0.5) is 24.8 Å². The molecule has 0 aliphatic rings. The number of hydrogen-bond acceptors (Lipinski definition) is 4. The van der Waals surface area contributed by atoms with Crippen LogP contribution >= 0.6 is 0 Å². The Morgan fingerprint density at radius 3 is 2.40 bits per heavy atom. The summed E-state index contributed by atoms with van der Waals surface area (Å²) in [6, 6.07) is 1.84. The number of carbonyl (C=O) groups is 1. The summed E-state index contributed by atoms with van der Waals surface area (Å²) in [5, 5.41) is 5.29. The summed E-state index contributed by atoms with van der Waals surface area (Å²) in [7, 11) is 4.72. The monoisotopic (exact) mass is 290 g/mol. The lowest BCUT2D eigenvalue weighted by Gasteiger charge is -2.13.